The lowest BCUT2D eigenvalue weighted by atomic mass is 9.83. The Balaban J connectivity index is 1.63. The Morgan fingerprint density at radius 2 is 1.96 bits per heavy atom. The standard InChI is InChI=1S/C15H15BrF3NO3/c16-11-3-1-2-10-4-5-14(22-12(10)11)6-8-20(9-7-14)23-13(21)15(17,18)19/h1-3H,4-9H2. The van der Waals surface area contributed by atoms with Crippen LogP contribution in [0.3, 0.4) is 0 Å². The Kier molecular flexibility index (Phi) is 4.31. The van der Waals surface area contributed by atoms with E-state index in [0.717, 1.165) is 33.7 Å². The molecule has 0 radical (unpaired) electrons. The monoisotopic (exact) mass is 393 g/mol. The Labute approximate surface area is 139 Å². The van der Waals surface area contributed by atoms with Gasteiger partial charge in [0.05, 0.1) is 4.47 Å². The van der Waals surface area contributed by atoms with Crippen molar-refractivity contribution >= 4 is 21.9 Å². The van der Waals surface area contributed by atoms with Gasteiger partial charge in [-0.1, -0.05) is 12.1 Å². The fourth-order valence-electron chi connectivity index (χ4n) is 3.00. The summed E-state index contributed by atoms with van der Waals surface area (Å²) in [5, 5.41) is 1.07. The molecule has 0 unspecified atom stereocenters. The smallest absolute Gasteiger partial charge is 0.486 e. The first-order chi connectivity index (χ1) is 10.8. The van der Waals surface area contributed by atoms with Crippen LogP contribution in [0.15, 0.2) is 22.7 Å². The average Bonchev–Trinajstić information content (AvgIpc) is 2.50. The number of rotatable bonds is 1. The summed E-state index contributed by atoms with van der Waals surface area (Å²) in [5.41, 5.74) is 0.716. The highest BCUT2D eigenvalue weighted by molar-refractivity contribution is 9.10. The van der Waals surface area contributed by atoms with Crippen LogP contribution in [-0.2, 0) is 16.1 Å². The summed E-state index contributed by atoms with van der Waals surface area (Å²) >= 11 is 3.47. The summed E-state index contributed by atoms with van der Waals surface area (Å²) in [7, 11) is 0. The number of hydrogen-bond donors (Lipinski definition) is 0. The van der Waals surface area contributed by atoms with Crippen molar-refractivity contribution < 1.29 is 27.5 Å². The Morgan fingerprint density at radius 3 is 2.61 bits per heavy atom. The fraction of sp³-hybridized carbons (Fsp3) is 0.533. The molecule has 4 nitrogen and oxygen atoms in total. The molecule has 3 rings (SSSR count). The third-order valence-electron chi connectivity index (χ3n) is 4.29. The summed E-state index contributed by atoms with van der Waals surface area (Å²) in [4.78, 5) is 15.3. The number of halogens is 4. The van der Waals surface area contributed by atoms with Crippen molar-refractivity contribution in [2.75, 3.05) is 13.1 Å². The van der Waals surface area contributed by atoms with Gasteiger partial charge >= 0.3 is 12.1 Å². The molecule has 23 heavy (non-hydrogen) atoms. The number of carbonyl (C=O) groups excluding carboxylic acids is 1. The molecule has 1 spiro atoms. The molecule has 0 aromatic heterocycles. The largest absolute Gasteiger partial charge is 0.492 e. The molecule has 0 aliphatic carbocycles. The summed E-state index contributed by atoms with van der Waals surface area (Å²) in [5.74, 6) is -1.37. The maximum atomic E-state index is 12.2. The minimum Gasteiger partial charge on any atom is -0.486 e. The normalized spacial score (nSPS) is 20.7. The van der Waals surface area contributed by atoms with E-state index in [-0.39, 0.29) is 13.1 Å². The van der Waals surface area contributed by atoms with Gasteiger partial charge in [0, 0.05) is 25.9 Å². The number of para-hydroxylation sites is 1. The van der Waals surface area contributed by atoms with E-state index in [2.05, 4.69) is 20.8 Å². The number of benzene rings is 1. The van der Waals surface area contributed by atoms with Gasteiger partial charge in [0.15, 0.2) is 0 Å². The van der Waals surface area contributed by atoms with Crippen molar-refractivity contribution in [2.24, 2.45) is 0 Å². The highest BCUT2D eigenvalue weighted by Crippen LogP contribution is 2.42. The Morgan fingerprint density at radius 1 is 1.26 bits per heavy atom. The highest BCUT2D eigenvalue weighted by Gasteiger charge is 2.45. The van der Waals surface area contributed by atoms with Gasteiger partial charge in [-0.2, -0.15) is 13.2 Å². The number of fused-ring (bicyclic) bond motifs is 1. The van der Waals surface area contributed by atoms with Crippen LogP contribution in [0.5, 0.6) is 5.75 Å². The summed E-state index contributed by atoms with van der Waals surface area (Å²) < 4.78 is 43.7. The minimum atomic E-state index is -4.97. The molecular weight excluding hydrogens is 379 g/mol. The van der Waals surface area contributed by atoms with Crippen LogP contribution in [0.2, 0.25) is 0 Å². The molecule has 8 heteroatoms. The predicted molar refractivity (Wildman–Crippen MR) is 78.8 cm³/mol. The second-order valence-electron chi connectivity index (χ2n) is 5.82. The number of hydrogen-bond acceptors (Lipinski definition) is 4. The minimum absolute atomic E-state index is 0.224. The predicted octanol–water partition coefficient (Wildman–Crippen LogP) is 3.63. The maximum absolute atomic E-state index is 12.2. The lowest BCUT2D eigenvalue weighted by molar-refractivity contribution is -0.246. The zero-order valence-corrected chi connectivity index (χ0v) is 13.7. The van der Waals surface area contributed by atoms with E-state index in [9.17, 15) is 18.0 Å². The number of ether oxygens (including phenoxy) is 1. The van der Waals surface area contributed by atoms with E-state index in [4.69, 9.17) is 4.74 Å². The first-order valence-corrected chi connectivity index (χ1v) is 8.09. The van der Waals surface area contributed by atoms with Crippen LogP contribution < -0.4 is 4.74 Å². The summed E-state index contributed by atoms with van der Waals surface area (Å²) in [6.45, 7) is 0.448. The van der Waals surface area contributed by atoms with Gasteiger partial charge < -0.3 is 9.57 Å². The van der Waals surface area contributed by atoms with E-state index in [0.29, 0.717) is 12.8 Å². The number of piperidine rings is 1. The summed E-state index contributed by atoms with van der Waals surface area (Å²) in [6.07, 6.45) is -2.28. The quantitative estimate of drug-likeness (QED) is 0.730. The molecule has 2 heterocycles. The second-order valence-corrected chi connectivity index (χ2v) is 6.67. The number of aryl methyl sites for hydroxylation is 1. The van der Waals surface area contributed by atoms with E-state index >= 15 is 0 Å². The molecule has 0 atom stereocenters. The topological polar surface area (TPSA) is 38.8 Å². The van der Waals surface area contributed by atoms with Gasteiger partial charge in [0.2, 0.25) is 0 Å². The third-order valence-corrected chi connectivity index (χ3v) is 4.92. The lowest BCUT2D eigenvalue weighted by Gasteiger charge is -2.44. The number of carbonyl (C=O) groups is 1. The molecular formula is C15H15BrF3NO3. The lowest BCUT2D eigenvalue weighted by Crippen LogP contribution is -2.50. The van der Waals surface area contributed by atoms with Crippen molar-refractivity contribution in [3.05, 3.63) is 28.2 Å². The average molecular weight is 394 g/mol. The SMILES string of the molecule is O=C(ON1CCC2(CCc3cccc(Br)c3O2)CC1)C(F)(F)F. The molecule has 0 bridgehead atoms. The first-order valence-electron chi connectivity index (χ1n) is 7.30. The molecule has 1 aromatic carbocycles. The zero-order chi connectivity index (χ0) is 16.7. The second kappa shape index (κ2) is 5.98. The molecule has 0 saturated carbocycles. The first kappa shape index (κ1) is 16.6. The molecule has 126 valence electrons. The van der Waals surface area contributed by atoms with Crippen LogP contribution in [0.4, 0.5) is 13.2 Å². The molecule has 2 aliphatic rings. The summed E-state index contributed by atoms with van der Waals surface area (Å²) in [6, 6.07) is 5.86. The van der Waals surface area contributed by atoms with Gasteiger partial charge in [-0.3, -0.25) is 0 Å². The fourth-order valence-corrected chi connectivity index (χ4v) is 3.49. The molecule has 0 N–H and O–H groups in total. The third kappa shape index (κ3) is 3.47. The number of nitrogens with zero attached hydrogens (tertiary/aromatic N) is 1. The molecule has 2 aliphatic heterocycles. The molecule has 1 saturated heterocycles. The highest BCUT2D eigenvalue weighted by atomic mass is 79.9. The maximum Gasteiger partial charge on any atom is 0.492 e. The van der Waals surface area contributed by atoms with Gasteiger partial charge in [0.25, 0.3) is 0 Å². The van der Waals surface area contributed by atoms with E-state index in [1.807, 2.05) is 18.2 Å². The van der Waals surface area contributed by atoms with Crippen LogP contribution in [0, 0.1) is 0 Å². The van der Waals surface area contributed by atoms with Crippen LogP contribution in [-0.4, -0.2) is 35.9 Å². The van der Waals surface area contributed by atoms with Crippen LogP contribution in [0.25, 0.3) is 0 Å². The van der Waals surface area contributed by atoms with Crippen molar-refractivity contribution in [2.45, 2.75) is 37.5 Å². The van der Waals surface area contributed by atoms with Gasteiger partial charge in [-0.25, -0.2) is 4.79 Å². The van der Waals surface area contributed by atoms with Crippen LogP contribution >= 0.6 is 15.9 Å². The number of alkyl halides is 3. The van der Waals surface area contributed by atoms with Crippen molar-refractivity contribution in [3.8, 4) is 5.75 Å². The Bertz CT molecular complexity index is 612. The number of hydroxylamine groups is 2. The van der Waals surface area contributed by atoms with Crippen LogP contribution in [0.1, 0.15) is 24.8 Å². The van der Waals surface area contributed by atoms with Crippen molar-refractivity contribution in [1.29, 1.82) is 0 Å². The van der Waals surface area contributed by atoms with E-state index < -0.39 is 17.7 Å². The Hall–Kier alpha value is -1.28. The molecule has 1 fully saturated rings. The van der Waals surface area contributed by atoms with Gasteiger partial charge in [-0.15, -0.1) is 5.06 Å². The van der Waals surface area contributed by atoms with Gasteiger partial charge in [0.1, 0.15) is 11.4 Å². The molecule has 1 aromatic rings. The molecule has 0 amide bonds. The van der Waals surface area contributed by atoms with Gasteiger partial charge in [-0.05, 0) is 40.4 Å². The van der Waals surface area contributed by atoms with Crippen molar-refractivity contribution in [3.63, 3.8) is 0 Å². The van der Waals surface area contributed by atoms with E-state index in [1.165, 1.54) is 0 Å². The zero-order valence-electron chi connectivity index (χ0n) is 12.2. The van der Waals surface area contributed by atoms with Crippen molar-refractivity contribution in [1.82, 2.24) is 5.06 Å². The van der Waals surface area contributed by atoms with E-state index in [1.54, 1.807) is 0 Å².